The van der Waals surface area contributed by atoms with Gasteiger partial charge < -0.3 is 4.74 Å². The Kier molecular flexibility index (Phi) is 3.09. The number of aromatic nitrogens is 2. The number of nitrogens with one attached hydrogen (secondary N) is 2. The number of benzene rings is 2. The van der Waals surface area contributed by atoms with Gasteiger partial charge in [-0.05, 0) is 18.2 Å². The zero-order valence-corrected chi connectivity index (χ0v) is 12.8. The van der Waals surface area contributed by atoms with E-state index in [0.717, 1.165) is 10.9 Å². The molecule has 2 N–H and O–H groups in total. The van der Waals surface area contributed by atoms with E-state index in [-0.39, 0.29) is 11.5 Å². The lowest BCUT2D eigenvalue weighted by atomic mass is 10.1. The van der Waals surface area contributed by atoms with E-state index in [9.17, 15) is 8.42 Å². The Labute approximate surface area is 132 Å². The van der Waals surface area contributed by atoms with E-state index in [2.05, 4.69) is 14.9 Å². The Morgan fingerprint density at radius 1 is 1.13 bits per heavy atom. The Balaban J connectivity index is 1.72. The molecule has 0 saturated carbocycles. The van der Waals surface area contributed by atoms with Gasteiger partial charge in [0.05, 0.1) is 17.4 Å². The topological polar surface area (TPSA) is 84.1 Å². The third-order valence-electron chi connectivity index (χ3n) is 3.67. The molecule has 0 radical (unpaired) electrons. The minimum atomic E-state index is -3.71. The van der Waals surface area contributed by atoms with Crippen LogP contribution in [0.3, 0.4) is 0 Å². The van der Waals surface area contributed by atoms with Crippen LogP contribution in [0.1, 0.15) is 5.56 Å². The first-order valence-corrected chi connectivity index (χ1v) is 8.49. The number of para-hydroxylation sites is 2. The van der Waals surface area contributed by atoms with Gasteiger partial charge in [0.25, 0.3) is 10.0 Å². The van der Waals surface area contributed by atoms with E-state index in [1.807, 2.05) is 30.3 Å². The molecule has 23 heavy (non-hydrogen) atoms. The molecule has 6 nitrogen and oxygen atoms in total. The SMILES string of the molecule is O=S(=O)(Nc1cccc2cn[nH]c12)C1=Cc2ccccc2OC1. The molecule has 1 aromatic heterocycles. The summed E-state index contributed by atoms with van der Waals surface area (Å²) >= 11 is 0. The van der Waals surface area contributed by atoms with Crippen molar-refractivity contribution >= 4 is 32.7 Å². The van der Waals surface area contributed by atoms with Gasteiger partial charge >= 0.3 is 0 Å². The minimum absolute atomic E-state index is 0.00526. The van der Waals surface area contributed by atoms with Gasteiger partial charge in [0.1, 0.15) is 17.3 Å². The normalized spacial score (nSPS) is 14.0. The second-order valence-corrected chi connectivity index (χ2v) is 6.92. The van der Waals surface area contributed by atoms with Gasteiger partial charge in [0.2, 0.25) is 0 Å². The smallest absolute Gasteiger partial charge is 0.261 e. The highest BCUT2D eigenvalue weighted by molar-refractivity contribution is 7.96. The molecular weight excluding hydrogens is 314 g/mol. The van der Waals surface area contributed by atoms with Gasteiger partial charge in [-0.25, -0.2) is 8.42 Å². The Morgan fingerprint density at radius 3 is 2.91 bits per heavy atom. The third-order valence-corrected chi connectivity index (χ3v) is 5.09. The molecular formula is C16H13N3O3S. The average Bonchev–Trinajstić information content (AvgIpc) is 3.04. The molecule has 7 heteroatoms. The molecule has 4 rings (SSSR count). The van der Waals surface area contributed by atoms with Crippen LogP contribution < -0.4 is 9.46 Å². The van der Waals surface area contributed by atoms with Crippen molar-refractivity contribution in [3.05, 3.63) is 59.1 Å². The van der Waals surface area contributed by atoms with Crippen LogP contribution in [0.25, 0.3) is 17.0 Å². The molecule has 0 bridgehead atoms. The summed E-state index contributed by atoms with van der Waals surface area (Å²) < 4.78 is 33.4. The van der Waals surface area contributed by atoms with Gasteiger partial charge in [0, 0.05) is 10.9 Å². The number of H-pyrrole nitrogens is 1. The Hall–Kier alpha value is -2.80. The van der Waals surface area contributed by atoms with Gasteiger partial charge in [-0.15, -0.1) is 0 Å². The summed E-state index contributed by atoms with van der Waals surface area (Å²) in [6.45, 7) is 0.00526. The molecule has 0 fully saturated rings. The number of ether oxygens (including phenoxy) is 1. The number of anilines is 1. The van der Waals surface area contributed by atoms with Crippen molar-refractivity contribution in [2.75, 3.05) is 11.3 Å². The predicted octanol–water partition coefficient (Wildman–Crippen LogP) is 2.74. The van der Waals surface area contributed by atoms with E-state index in [4.69, 9.17) is 4.74 Å². The van der Waals surface area contributed by atoms with Crippen molar-refractivity contribution < 1.29 is 13.2 Å². The number of hydrogen-bond acceptors (Lipinski definition) is 4. The lowest BCUT2D eigenvalue weighted by Crippen LogP contribution is -2.21. The zero-order chi connectivity index (χ0) is 15.9. The van der Waals surface area contributed by atoms with Crippen LogP contribution in [0, 0.1) is 0 Å². The lowest BCUT2D eigenvalue weighted by Gasteiger charge is -2.18. The first-order chi connectivity index (χ1) is 11.1. The van der Waals surface area contributed by atoms with Crippen LogP contribution >= 0.6 is 0 Å². The number of nitrogens with zero attached hydrogens (tertiary/aromatic N) is 1. The fourth-order valence-electron chi connectivity index (χ4n) is 2.51. The molecule has 116 valence electrons. The minimum Gasteiger partial charge on any atom is -0.487 e. The molecule has 1 aliphatic rings. The standard InChI is InChI=1S/C16H13N3O3S/c20-23(21,13-8-11-4-1-2-7-15(11)22-10-13)19-14-6-3-5-12-9-17-18-16(12)14/h1-9,19H,10H2,(H,17,18). The summed E-state index contributed by atoms with van der Waals surface area (Å²) in [5, 5.41) is 7.57. The first-order valence-electron chi connectivity index (χ1n) is 7.01. The van der Waals surface area contributed by atoms with Crippen molar-refractivity contribution in [3.63, 3.8) is 0 Å². The highest BCUT2D eigenvalue weighted by Gasteiger charge is 2.23. The van der Waals surface area contributed by atoms with Crippen LogP contribution in [0.2, 0.25) is 0 Å². The molecule has 2 heterocycles. The molecule has 0 saturated heterocycles. The number of fused-ring (bicyclic) bond motifs is 2. The van der Waals surface area contributed by atoms with E-state index in [0.29, 0.717) is 17.0 Å². The Bertz CT molecular complexity index is 1020. The van der Waals surface area contributed by atoms with Crippen LogP contribution in [0.15, 0.2) is 53.6 Å². The quantitative estimate of drug-likeness (QED) is 0.775. The van der Waals surface area contributed by atoms with Crippen molar-refractivity contribution in [2.45, 2.75) is 0 Å². The predicted molar refractivity (Wildman–Crippen MR) is 88.6 cm³/mol. The largest absolute Gasteiger partial charge is 0.487 e. The number of sulfonamides is 1. The molecule has 1 aliphatic heterocycles. The summed E-state index contributed by atoms with van der Waals surface area (Å²) in [6.07, 6.45) is 3.28. The van der Waals surface area contributed by atoms with Crippen molar-refractivity contribution in [2.24, 2.45) is 0 Å². The van der Waals surface area contributed by atoms with Crippen molar-refractivity contribution in [1.82, 2.24) is 10.2 Å². The molecule has 0 unspecified atom stereocenters. The fraction of sp³-hybridized carbons (Fsp3) is 0.0625. The second-order valence-electron chi connectivity index (χ2n) is 5.18. The molecule has 0 aliphatic carbocycles. The van der Waals surface area contributed by atoms with Crippen molar-refractivity contribution in [1.29, 1.82) is 0 Å². The molecule has 0 amide bonds. The molecule has 0 atom stereocenters. The maximum Gasteiger partial charge on any atom is 0.261 e. The summed E-state index contributed by atoms with van der Waals surface area (Å²) in [5.74, 6) is 0.683. The summed E-state index contributed by atoms with van der Waals surface area (Å²) in [6, 6.07) is 12.6. The van der Waals surface area contributed by atoms with Crippen LogP contribution in [0.4, 0.5) is 5.69 Å². The van der Waals surface area contributed by atoms with Gasteiger partial charge in [0.15, 0.2) is 0 Å². The summed E-state index contributed by atoms with van der Waals surface area (Å²) in [5.41, 5.74) is 1.85. The first kappa shape index (κ1) is 13.8. The number of aromatic amines is 1. The monoisotopic (exact) mass is 327 g/mol. The fourth-order valence-corrected chi connectivity index (χ4v) is 3.60. The highest BCUT2D eigenvalue weighted by atomic mass is 32.2. The molecule has 2 aromatic carbocycles. The maximum absolute atomic E-state index is 12.6. The van der Waals surface area contributed by atoms with E-state index in [1.165, 1.54) is 0 Å². The summed E-state index contributed by atoms with van der Waals surface area (Å²) in [7, 11) is -3.71. The third kappa shape index (κ3) is 2.44. The summed E-state index contributed by atoms with van der Waals surface area (Å²) in [4.78, 5) is 0.188. The van der Waals surface area contributed by atoms with Crippen LogP contribution in [0.5, 0.6) is 5.75 Å². The van der Waals surface area contributed by atoms with Crippen LogP contribution in [-0.4, -0.2) is 25.2 Å². The maximum atomic E-state index is 12.6. The van der Waals surface area contributed by atoms with Gasteiger partial charge in [-0.3, -0.25) is 9.82 Å². The van der Waals surface area contributed by atoms with Crippen LogP contribution in [-0.2, 0) is 10.0 Å². The average molecular weight is 327 g/mol. The van der Waals surface area contributed by atoms with E-state index >= 15 is 0 Å². The lowest BCUT2D eigenvalue weighted by molar-refractivity contribution is 0.353. The highest BCUT2D eigenvalue weighted by Crippen LogP contribution is 2.29. The zero-order valence-electron chi connectivity index (χ0n) is 12.0. The van der Waals surface area contributed by atoms with Crippen molar-refractivity contribution in [3.8, 4) is 5.75 Å². The van der Waals surface area contributed by atoms with Gasteiger partial charge in [-0.1, -0.05) is 30.3 Å². The van der Waals surface area contributed by atoms with E-state index in [1.54, 1.807) is 24.4 Å². The Morgan fingerprint density at radius 2 is 2.00 bits per heavy atom. The molecule has 3 aromatic rings. The van der Waals surface area contributed by atoms with Gasteiger partial charge in [-0.2, -0.15) is 5.10 Å². The number of rotatable bonds is 3. The molecule has 0 spiro atoms. The second kappa shape index (κ2) is 5.13. The van der Waals surface area contributed by atoms with E-state index < -0.39 is 10.0 Å². The number of hydrogen-bond donors (Lipinski definition) is 2.